The number of pyridine rings is 1. The fourth-order valence-corrected chi connectivity index (χ4v) is 1.90. The maximum absolute atomic E-state index is 12.5. The number of aromatic nitrogens is 1. The molecule has 2 aromatic rings. The van der Waals surface area contributed by atoms with Gasteiger partial charge in [0, 0.05) is 18.4 Å². The molecule has 0 saturated carbocycles. The minimum absolute atomic E-state index is 0.324. The van der Waals surface area contributed by atoms with E-state index in [4.69, 9.17) is 10.5 Å². The molecule has 0 saturated heterocycles. The van der Waals surface area contributed by atoms with Crippen LogP contribution in [0.25, 0.3) is 0 Å². The highest BCUT2D eigenvalue weighted by Crippen LogP contribution is 2.31. The number of rotatable bonds is 4. The summed E-state index contributed by atoms with van der Waals surface area (Å²) in [4.78, 5) is 3.91. The van der Waals surface area contributed by atoms with Crippen LogP contribution in [0.5, 0.6) is 5.75 Å². The van der Waals surface area contributed by atoms with E-state index >= 15 is 0 Å². The van der Waals surface area contributed by atoms with Gasteiger partial charge in [-0.3, -0.25) is 4.98 Å². The molecule has 112 valence electrons. The van der Waals surface area contributed by atoms with E-state index in [1.807, 2.05) is 0 Å². The largest absolute Gasteiger partial charge is 0.484 e. The first-order valence-electron chi connectivity index (χ1n) is 6.37. The van der Waals surface area contributed by atoms with E-state index in [0.717, 1.165) is 17.7 Å². The number of alkyl halides is 3. The van der Waals surface area contributed by atoms with Crippen molar-refractivity contribution in [1.29, 1.82) is 0 Å². The molecule has 2 unspecified atom stereocenters. The molecule has 21 heavy (non-hydrogen) atoms. The average molecular weight is 296 g/mol. The van der Waals surface area contributed by atoms with Gasteiger partial charge in [0.25, 0.3) is 0 Å². The van der Waals surface area contributed by atoms with Gasteiger partial charge in [0.15, 0.2) is 0 Å². The summed E-state index contributed by atoms with van der Waals surface area (Å²) >= 11 is 0. The van der Waals surface area contributed by atoms with Crippen LogP contribution in [0.2, 0.25) is 0 Å². The van der Waals surface area contributed by atoms with Gasteiger partial charge in [-0.15, -0.1) is 0 Å². The summed E-state index contributed by atoms with van der Waals surface area (Å²) < 4.78 is 43.2. The Morgan fingerprint density at radius 3 is 2.10 bits per heavy atom. The molecule has 1 aromatic carbocycles. The molecule has 1 aromatic heterocycles. The lowest BCUT2D eigenvalue weighted by molar-refractivity contribution is -0.137. The molecule has 2 rings (SSSR count). The highest BCUT2D eigenvalue weighted by Gasteiger charge is 2.30. The maximum Gasteiger partial charge on any atom is 0.416 e. The second-order valence-corrected chi connectivity index (χ2v) is 4.70. The van der Waals surface area contributed by atoms with Crippen molar-refractivity contribution in [1.82, 2.24) is 4.98 Å². The Balaban J connectivity index is 2.18. The lowest BCUT2D eigenvalue weighted by Crippen LogP contribution is -2.29. The standard InChI is InChI=1S/C15H15F3N2O/c1-10(19)14(11-6-8-20-9-7-11)21-13-4-2-12(3-5-13)15(16,17)18/h2-10,14H,19H2,1H3. The summed E-state index contributed by atoms with van der Waals surface area (Å²) in [5.41, 5.74) is 6.00. The predicted molar refractivity (Wildman–Crippen MR) is 72.7 cm³/mol. The zero-order chi connectivity index (χ0) is 15.5. The van der Waals surface area contributed by atoms with Crippen molar-refractivity contribution in [2.24, 2.45) is 5.73 Å². The highest BCUT2D eigenvalue weighted by atomic mass is 19.4. The van der Waals surface area contributed by atoms with Crippen LogP contribution in [0.4, 0.5) is 13.2 Å². The molecule has 3 nitrogen and oxygen atoms in total. The lowest BCUT2D eigenvalue weighted by Gasteiger charge is -2.23. The third-order valence-corrected chi connectivity index (χ3v) is 2.96. The van der Waals surface area contributed by atoms with Crippen LogP contribution in [-0.2, 0) is 6.18 Å². The fourth-order valence-electron chi connectivity index (χ4n) is 1.90. The summed E-state index contributed by atoms with van der Waals surface area (Å²) in [7, 11) is 0. The maximum atomic E-state index is 12.5. The fraction of sp³-hybridized carbons (Fsp3) is 0.267. The quantitative estimate of drug-likeness (QED) is 0.938. The Morgan fingerprint density at radius 2 is 1.62 bits per heavy atom. The van der Waals surface area contributed by atoms with Crippen LogP contribution in [-0.4, -0.2) is 11.0 Å². The molecule has 0 fully saturated rings. The average Bonchev–Trinajstić information content (AvgIpc) is 2.45. The molecule has 0 aliphatic carbocycles. The summed E-state index contributed by atoms with van der Waals surface area (Å²) in [5, 5.41) is 0. The van der Waals surface area contributed by atoms with Crippen molar-refractivity contribution in [3.8, 4) is 5.75 Å². The molecule has 0 spiro atoms. The molecule has 1 heterocycles. The van der Waals surface area contributed by atoms with Gasteiger partial charge in [-0.1, -0.05) is 0 Å². The Morgan fingerprint density at radius 1 is 1.05 bits per heavy atom. The van der Waals surface area contributed by atoms with Crippen molar-refractivity contribution >= 4 is 0 Å². The van der Waals surface area contributed by atoms with Gasteiger partial charge in [0.1, 0.15) is 11.9 Å². The summed E-state index contributed by atoms with van der Waals surface area (Å²) in [6.45, 7) is 1.77. The van der Waals surface area contributed by atoms with Crippen molar-refractivity contribution in [3.63, 3.8) is 0 Å². The smallest absolute Gasteiger partial charge is 0.416 e. The van der Waals surface area contributed by atoms with Crippen LogP contribution >= 0.6 is 0 Å². The van der Waals surface area contributed by atoms with E-state index in [9.17, 15) is 13.2 Å². The zero-order valence-electron chi connectivity index (χ0n) is 11.3. The van der Waals surface area contributed by atoms with Gasteiger partial charge in [-0.25, -0.2) is 0 Å². The Kier molecular flexibility index (Phi) is 4.47. The van der Waals surface area contributed by atoms with Crippen LogP contribution in [0, 0.1) is 0 Å². The molecular formula is C15H15F3N2O. The molecule has 2 atom stereocenters. The van der Waals surface area contributed by atoms with Crippen molar-refractivity contribution < 1.29 is 17.9 Å². The first-order chi connectivity index (χ1) is 9.88. The van der Waals surface area contributed by atoms with Crippen molar-refractivity contribution in [3.05, 3.63) is 59.9 Å². The van der Waals surface area contributed by atoms with Crippen LogP contribution in [0.3, 0.4) is 0 Å². The Hall–Kier alpha value is -2.08. The van der Waals surface area contributed by atoms with E-state index < -0.39 is 17.8 Å². The summed E-state index contributed by atoms with van der Waals surface area (Å²) in [6, 6.07) is 7.75. The topological polar surface area (TPSA) is 48.1 Å². The molecular weight excluding hydrogens is 281 g/mol. The molecule has 0 aliphatic rings. The predicted octanol–water partition coefficient (Wildman–Crippen LogP) is 3.57. The van der Waals surface area contributed by atoms with Gasteiger partial charge in [0.05, 0.1) is 5.56 Å². The molecule has 0 amide bonds. The van der Waals surface area contributed by atoms with Gasteiger partial charge in [-0.05, 0) is 48.9 Å². The number of hydrogen-bond donors (Lipinski definition) is 1. The minimum Gasteiger partial charge on any atom is -0.484 e. The second kappa shape index (κ2) is 6.13. The normalized spacial score (nSPS) is 14.5. The first kappa shape index (κ1) is 15.3. The van der Waals surface area contributed by atoms with Crippen LogP contribution in [0.1, 0.15) is 24.2 Å². The van der Waals surface area contributed by atoms with Gasteiger partial charge < -0.3 is 10.5 Å². The van der Waals surface area contributed by atoms with Crippen LogP contribution in [0.15, 0.2) is 48.8 Å². The van der Waals surface area contributed by atoms with E-state index in [0.29, 0.717) is 5.75 Å². The molecule has 0 aliphatic heterocycles. The van der Waals surface area contributed by atoms with Gasteiger partial charge >= 0.3 is 6.18 Å². The third-order valence-electron chi connectivity index (χ3n) is 2.96. The number of nitrogens with zero attached hydrogens (tertiary/aromatic N) is 1. The molecule has 6 heteroatoms. The number of ether oxygens (including phenoxy) is 1. The highest BCUT2D eigenvalue weighted by molar-refractivity contribution is 5.30. The third kappa shape index (κ3) is 3.95. The second-order valence-electron chi connectivity index (χ2n) is 4.70. The number of benzene rings is 1. The van der Waals surface area contributed by atoms with Crippen LogP contribution < -0.4 is 10.5 Å². The van der Waals surface area contributed by atoms with E-state index in [1.165, 1.54) is 12.1 Å². The number of nitrogens with two attached hydrogens (primary N) is 1. The number of hydrogen-bond acceptors (Lipinski definition) is 3. The van der Waals surface area contributed by atoms with Crippen molar-refractivity contribution in [2.75, 3.05) is 0 Å². The van der Waals surface area contributed by atoms with E-state index in [1.54, 1.807) is 31.5 Å². The number of halogens is 3. The first-order valence-corrected chi connectivity index (χ1v) is 6.37. The van der Waals surface area contributed by atoms with E-state index in [-0.39, 0.29) is 6.04 Å². The zero-order valence-corrected chi connectivity index (χ0v) is 11.3. The minimum atomic E-state index is -4.36. The Bertz CT molecular complexity index is 568. The van der Waals surface area contributed by atoms with Gasteiger partial charge in [-0.2, -0.15) is 13.2 Å². The molecule has 0 radical (unpaired) electrons. The SMILES string of the molecule is CC(N)C(Oc1ccc(C(F)(F)F)cc1)c1ccncc1. The Labute approximate surface area is 120 Å². The van der Waals surface area contributed by atoms with E-state index in [2.05, 4.69) is 4.98 Å². The summed E-state index contributed by atoms with van der Waals surface area (Å²) in [6.07, 6.45) is -1.59. The molecule has 2 N–H and O–H groups in total. The lowest BCUT2D eigenvalue weighted by atomic mass is 10.1. The van der Waals surface area contributed by atoms with Gasteiger partial charge in [0.2, 0.25) is 0 Å². The van der Waals surface area contributed by atoms with Crippen molar-refractivity contribution in [2.45, 2.75) is 25.2 Å². The summed E-state index contributed by atoms with van der Waals surface area (Å²) in [5.74, 6) is 0.335. The monoisotopic (exact) mass is 296 g/mol. The molecule has 0 bridgehead atoms.